The molecule has 4 heteroatoms. The van der Waals surface area contributed by atoms with Crippen molar-refractivity contribution in [3.63, 3.8) is 0 Å². The highest BCUT2D eigenvalue weighted by molar-refractivity contribution is 6.44. The fourth-order valence-corrected chi connectivity index (χ4v) is 1.82. The van der Waals surface area contributed by atoms with Crippen LogP contribution in [0.5, 0.6) is 0 Å². The second-order valence-electron chi connectivity index (χ2n) is 3.62. The summed E-state index contributed by atoms with van der Waals surface area (Å²) in [6, 6.07) is 8.50. The number of aromatic nitrogens is 1. The molecule has 17 heavy (non-hydrogen) atoms. The standard InChI is InChI=1S/C13H9Cl2NO/c1-8-5-6-9(7-16-8)13(17)10-3-2-4-11(14)12(10)15/h2-7H,1H3. The van der Waals surface area contributed by atoms with Gasteiger partial charge in [0.2, 0.25) is 0 Å². The molecule has 0 unspecified atom stereocenters. The molecule has 2 nitrogen and oxygen atoms in total. The van der Waals surface area contributed by atoms with E-state index < -0.39 is 0 Å². The van der Waals surface area contributed by atoms with Gasteiger partial charge < -0.3 is 0 Å². The second-order valence-corrected chi connectivity index (χ2v) is 4.40. The van der Waals surface area contributed by atoms with Gasteiger partial charge in [0.25, 0.3) is 0 Å². The summed E-state index contributed by atoms with van der Waals surface area (Å²) >= 11 is 11.9. The zero-order chi connectivity index (χ0) is 12.4. The van der Waals surface area contributed by atoms with E-state index >= 15 is 0 Å². The zero-order valence-electron chi connectivity index (χ0n) is 9.08. The molecule has 0 saturated heterocycles. The summed E-state index contributed by atoms with van der Waals surface area (Å²) < 4.78 is 0. The number of ketones is 1. The molecule has 2 rings (SSSR count). The summed E-state index contributed by atoms with van der Waals surface area (Å²) in [5.41, 5.74) is 1.75. The summed E-state index contributed by atoms with van der Waals surface area (Å²) in [5.74, 6) is -0.176. The fraction of sp³-hybridized carbons (Fsp3) is 0.0769. The van der Waals surface area contributed by atoms with Crippen molar-refractivity contribution in [2.75, 3.05) is 0 Å². The predicted octanol–water partition coefficient (Wildman–Crippen LogP) is 3.93. The minimum atomic E-state index is -0.176. The van der Waals surface area contributed by atoms with Crippen LogP contribution >= 0.6 is 23.2 Å². The van der Waals surface area contributed by atoms with E-state index in [1.165, 1.54) is 6.20 Å². The lowest BCUT2D eigenvalue weighted by atomic mass is 10.0. The van der Waals surface area contributed by atoms with Crippen LogP contribution in [0.3, 0.4) is 0 Å². The molecule has 0 aliphatic heterocycles. The third kappa shape index (κ3) is 2.48. The molecule has 1 heterocycles. The molecule has 0 bridgehead atoms. The normalized spacial score (nSPS) is 10.3. The van der Waals surface area contributed by atoms with Crippen molar-refractivity contribution >= 4 is 29.0 Å². The topological polar surface area (TPSA) is 30.0 Å². The van der Waals surface area contributed by atoms with Crippen LogP contribution in [0.2, 0.25) is 10.0 Å². The minimum absolute atomic E-state index is 0.176. The predicted molar refractivity (Wildman–Crippen MR) is 68.9 cm³/mol. The number of nitrogens with zero attached hydrogens (tertiary/aromatic N) is 1. The van der Waals surface area contributed by atoms with Gasteiger partial charge in [-0.05, 0) is 31.2 Å². The number of benzene rings is 1. The van der Waals surface area contributed by atoms with Gasteiger partial charge in [0.1, 0.15) is 0 Å². The maximum absolute atomic E-state index is 12.1. The Kier molecular flexibility index (Phi) is 3.46. The first-order valence-electron chi connectivity index (χ1n) is 5.01. The average molecular weight is 266 g/mol. The molecule has 2 aromatic rings. The maximum atomic E-state index is 12.1. The molecule has 1 aromatic heterocycles. The van der Waals surface area contributed by atoms with Crippen LogP contribution in [0.25, 0.3) is 0 Å². The number of pyridine rings is 1. The lowest BCUT2D eigenvalue weighted by Crippen LogP contribution is -2.03. The van der Waals surface area contributed by atoms with Gasteiger partial charge in [-0.25, -0.2) is 0 Å². The Bertz CT molecular complexity index is 564. The second kappa shape index (κ2) is 4.86. The van der Waals surface area contributed by atoms with E-state index in [9.17, 15) is 4.79 Å². The lowest BCUT2D eigenvalue weighted by molar-refractivity contribution is 0.103. The number of carbonyl (C=O) groups is 1. The highest BCUT2D eigenvalue weighted by atomic mass is 35.5. The van der Waals surface area contributed by atoms with Gasteiger partial charge in [-0.2, -0.15) is 0 Å². The molecule has 0 spiro atoms. The number of rotatable bonds is 2. The van der Waals surface area contributed by atoms with Gasteiger partial charge in [-0.1, -0.05) is 29.3 Å². The summed E-state index contributed by atoms with van der Waals surface area (Å²) in [7, 11) is 0. The quantitative estimate of drug-likeness (QED) is 0.771. The van der Waals surface area contributed by atoms with E-state index in [0.29, 0.717) is 16.1 Å². The number of carbonyl (C=O) groups excluding carboxylic acids is 1. The molecule has 0 saturated carbocycles. The largest absolute Gasteiger partial charge is 0.288 e. The summed E-state index contributed by atoms with van der Waals surface area (Å²) in [5, 5.41) is 0.650. The van der Waals surface area contributed by atoms with Gasteiger partial charge in [0.05, 0.1) is 10.0 Å². The molecule has 0 aliphatic carbocycles. The van der Waals surface area contributed by atoms with E-state index in [4.69, 9.17) is 23.2 Å². The van der Waals surface area contributed by atoms with Crippen LogP contribution in [0, 0.1) is 6.92 Å². The Morgan fingerprint density at radius 2 is 1.94 bits per heavy atom. The van der Waals surface area contributed by atoms with Crippen molar-refractivity contribution in [3.05, 3.63) is 63.4 Å². The lowest BCUT2D eigenvalue weighted by Gasteiger charge is -2.04. The first kappa shape index (κ1) is 12.1. The number of halogens is 2. The third-order valence-corrected chi connectivity index (χ3v) is 3.19. The van der Waals surface area contributed by atoms with E-state index in [2.05, 4.69) is 4.98 Å². The monoisotopic (exact) mass is 265 g/mol. The maximum Gasteiger partial charge on any atom is 0.196 e. The Hall–Kier alpha value is -1.38. The summed E-state index contributed by atoms with van der Waals surface area (Å²) in [4.78, 5) is 16.2. The molecule has 0 N–H and O–H groups in total. The van der Waals surface area contributed by atoms with Crippen molar-refractivity contribution < 1.29 is 4.79 Å². The number of aryl methyl sites for hydroxylation is 1. The van der Waals surface area contributed by atoms with Gasteiger partial charge in [0.15, 0.2) is 5.78 Å². The van der Waals surface area contributed by atoms with E-state index in [-0.39, 0.29) is 10.8 Å². The van der Waals surface area contributed by atoms with Crippen LogP contribution < -0.4 is 0 Å². The molecule has 0 atom stereocenters. The highest BCUT2D eigenvalue weighted by Gasteiger charge is 2.14. The van der Waals surface area contributed by atoms with Crippen LogP contribution in [0.4, 0.5) is 0 Å². The Morgan fingerprint density at radius 3 is 2.59 bits per heavy atom. The van der Waals surface area contributed by atoms with Crippen LogP contribution in [-0.2, 0) is 0 Å². The number of hydrogen-bond acceptors (Lipinski definition) is 2. The van der Waals surface area contributed by atoms with E-state index in [1.54, 1.807) is 30.3 Å². The first-order chi connectivity index (χ1) is 8.09. The van der Waals surface area contributed by atoms with Crippen molar-refractivity contribution in [2.24, 2.45) is 0 Å². The Labute approximate surface area is 109 Å². The summed E-state index contributed by atoms with van der Waals surface area (Å²) in [6.45, 7) is 1.86. The van der Waals surface area contributed by atoms with E-state index in [0.717, 1.165) is 5.69 Å². The SMILES string of the molecule is Cc1ccc(C(=O)c2cccc(Cl)c2Cl)cn1. The molecule has 0 fully saturated rings. The number of hydrogen-bond donors (Lipinski definition) is 0. The smallest absolute Gasteiger partial charge is 0.196 e. The zero-order valence-corrected chi connectivity index (χ0v) is 10.6. The van der Waals surface area contributed by atoms with Gasteiger partial charge in [0, 0.05) is 23.0 Å². The third-order valence-electron chi connectivity index (χ3n) is 2.37. The minimum Gasteiger partial charge on any atom is -0.288 e. The molecule has 0 aliphatic rings. The molecule has 1 aromatic carbocycles. The van der Waals surface area contributed by atoms with Gasteiger partial charge >= 0.3 is 0 Å². The fourth-order valence-electron chi connectivity index (χ4n) is 1.44. The molecule has 86 valence electrons. The van der Waals surface area contributed by atoms with E-state index in [1.807, 2.05) is 6.92 Å². The van der Waals surface area contributed by atoms with Crippen molar-refractivity contribution in [1.29, 1.82) is 0 Å². The Balaban J connectivity index is 2.44. The van der Waals surface area contributed by atoms with Crippen molar-refractivity contribution in [2.45, 2.75) is 6.92 Å². The summed E-state index contributed by atoms with van der Waals surface area (Å²) in [6.07, 6.45) is 1.54. The Morgan fingerprint density at radius 1 is 1.18 bits per heavy atom. The highest BCUT2D eigenvalue weighted by Crippen LogP contribution is 2.27. The van der Waals surface area contributed by atoms with Crippen LogP contribution in [0.15, 0.2) is 36.5 Å². The first-order valence-corrected chi connectivity index (χ1v) is 5.76. The van der Waals surface area contributed by atoms with Gasteiger partial charge in [-0.3, -0.25) is 9.78 Å². The molecular weight excluding hydrogens is 257 g/mol. The van der Waals surface area contributed by atoms with Gasteiger partial charge in [-0.15, -0.1) is 0 Å². The molecule has 0 amide bonds. The van der Waals surface area contributed by atoms with Crippen molar-refractivity contribution in [1.82, 2.24) is 4.98 Å². The molecule has 0 radical (unpaired) electrons. The molecular formula is C13H9Cl2NO. The average Bonchev–Trinajstić information content (AvgIpc) is 2.33. The van der Waals surface area contributed by atoms with Crippen LogP contribution in [0.1, 0.15) is 21.6 Å². The van der Waals surface area contributed by atoms with Crippen molar-refractivity contribution in [3.8, 4) is 0 Å². The van der Waals surface area contributed by atoms with Crippen LogP contribution in [-0.4, -0.2) is 10.8 Å².